The Morgan fingerprint density at radius 3 is 2.86 bits per heavy atom. The fourth-order valence-corrected chi connectivity index (χ4v) is 2.39. The van der Waals surface area contributed by atoms with Crippen molar-refractivity contribution < 1.29 is 4.79 Å². The van der Waals surface area contributed by atoms with E-state index in [1.807, 2.05) is 44.2 Å². The van der Waals surface area contributed by atoms with Crippen molar-refractivity contribution in [3.05, 3.63) is 36.5 Å². The van der Waals surface area contributed by atoms with Gasteiger partial charge in [-0.25, -0.2) is 0 Å². The highest BCUT2D eigenvalue weighted by Gasteiger charge is 2.11. The van der Waals surface area contributed by atoms with Crippen molar-refractivity contribution in [3.8, 4) is 11.4 Å². The second kappa shape index (κ2) is 5.44. The zero-order valence-corrected chi connectivity index (χ0v) is 12.1. The van der Waals surface area contributed by atoms with E-state index in [0.717, 1.165) is 28.0 Å². The van der Waals surface area contributed by atoms with E-state index in [9.17, 15) is 4.79 Å². The van der Waals surface area contributed by atoms with Gasteiger partial charge in [-0.1, -0.05) is 19.9 Å². The molecule has 1 amide bonds. The first-order valence-electron chi connectivity index (χ1n) is 7.05. The molecule has 21 heavy (non-hydrogen) atoms. The number of aromatic amines is 2. The summed E-state index contributed by atoms with van der Waals surface area (Å²) >= 11 is 0. The lowest BCUT2D eigenvalue weighted by molar-refractivity contribution is -0.116. The van der Waals surface area contributed by atoms with E-state index >= 15 is 0 Å². The van der Waals surface area contributed by atoms with Crippen molar-refractivity contribution in [1.82, 2.24) is 15.2 Å². The molecule has 0 unspecified atom stereocenters. The molecule has 0 aliphatic heterocycles. The third-order valence-electron chi connectivity index (χ3n) is 3.32. The molecule has 5 nitrogen and oxygen atoms in total. The van der Waals surface area contributed by atoms with E-state index < -0.39 is 0 Å². The predicted molar refractivity (Wildman–Crippen MR) is 84.0 cm³/mol. The van der Waals surface area contributed by atoms with Crippen LogP contribution in [0.1, 0.15) is 20.3 Å². The highest BCUT2D eigenvalue weighted by atomic mass is 16.1. The molecule has 3 N–H and O–H groups in total. The maximum absolute atomic E-state index is 12.0. The second-order valence-electron chi connectivity index (χ2n) is 5.57. The molecular formula is C16H18N4O. The van der Waals surface area contributed by atoms with Crippen molar-refractivity contribution in [3.63, 3.8) is 0 Å². The Morgan fingerprint density at radius 1 is 1.29 bits per heavy atom. The summed E-state index contributed by atoms with van der Waals surface area (Å²) in [5.41, 5.74) is 3.70. The summed E-state index contributed by atoms with van der Waals surface area (Å²) in [7, 11) is 0. The Labute approximate surface area is 122 Å². The molecule has 1 aromatic carbocycles. The van der Waals surface area contributed by atoms with Crippen LogP contribution in [0.2, 0.25) is 0 Å². The van der Waals surface area contributed by atoms with Crippen LogP contribution in [-0.4, -0.2) is 21.1 Å². The van der Waals surface area contributed by atoms with Crippen LogP contribution in [-0.2, 0) is 4.79 Å². The van der Waals surface area contributed by atoms with Crippen molar-refractivity contribution >= 4 is 22.5 Å². The first-order chi connectivity index (χ1) is 10.1. The summed E-state index contributed by atoms with van der Waals surface area (Å²) in [6.45, 7) is 4.07. The predicted octanol–water partition coefficient (Wildman–Crippen LogP) is 3.54. The molecule has 0 saturated carbocycles. The fraction of sp³-hybridized carbons (Fsp3) is 0.250. The Bertz CT molecular complexity index is 756. The average Bonchev–Trinajstić information content (AvgIpc) is 3.07. The number of carbonyl (C=O) groups is 1. The number of hydrogen-bond donors (Lipinski definition) is 3. The molecule has 0 aliphatic carbocycles. The number of H-pyrrole nitrogens is 2. The van der Waals surface area contributed by atoms with Crippen molar-refractivity contribution in [2.24, 2.45) is 5.92 Å². The van der Waals surface area contributed by atoms with Crippen LogP contribution < -0.4 is 5.32 Å². The largest absolute Gasteiger partial charge is 0.353 e. The molecule has 3 aromatic rings. The summed E-state index contributed by atoms with van der Waals surface area (Å²) in [6.07, 6.45) is 2.24. The van der Waals surface area contributed by atoms with Gasteiger partial charge in [0.05, 0.1) is 17.1 Å². The molecule has 0 bridgehead atoms. The van der Waals surface area contributed by atoms with Gasteiger partial charge in [0.15, 0.2) is 0 Å². The third kappa shape index (κ3) is 2.81. The minimum absolute atomic E-state index is 0.0433. The van der Waals surface area contributed by atoms with Gasteiger partial charge in [-0.3, -0.25) is 9.89 Å². The lowest BCUT2D eigenvalue weighted by Crippen LogP contribution is -2.13. The molecule has 0 fully saturated rings. The van der Waals surface area contributed by atoms with E-state index in [-0.39, 0.29) is 5.91 Å². The molecule has 2 heterocycles. The van der Waals surface area contributed by atoms with Gasteiger partial charge in [0.2, 0.25) is 5.91 Å². The van der Waals surface area contributed by atoms with E-state index in [1.54, 1.807) is 6.20 Å². The lowest BCUT2D eigenvalue weighted by atomic mass is 10.1. The number of amides is 1. The number of rotatable bonds is 4. The molecule has 0 aliphatic rings. The normalized spacial score (nSPS) is 11.2. The molecule has 0 radical (unpaired) electrons. The van der Waals surface area contributed by atoms with Gasteiger partial charge in [-0.15, -0.1) is 0 Å². The average molecular weight is 282 g/mol. The summed E-state index contributed by atoms with van der Waals surface area (Å²) in [6, 6.07) is 9.77. The van der Waals surface area contributed by atoms with Gasteiger partial charge in [-0.2, -0.15) is 5.10 Å². The second-order valence-corrected chi connectivity index (χ2v) is 5.57. The van der Waals surface area contributed by atoms with Crippen molar-refractivity contribution in [1.29, 1.82) is 0 Å². The maximum atomic E-state index is 12.0. The fourth-order valence-electron chi connectivity index (χ4n) is 2.39. The van der Waals surface area contributed by atoms with E-state index in [0.29, 0.717) is 12.3 Å². The van der Waals surface area contributed by atoms with E-state index in [2.05, 4.69) is 20.5 Å². The topological polar surface area (TPSA) is 73.6 Å². The smallest absolute Gasteiger partial charge is 0.224 e. The number of fused-ring (bicyclic) bond motifs is 1. The molecule has 0 spiro atoms. The third-order valence-corrected chi connectivity index (χ3v) is 3.32. The molecular weight excluding hydrogens is 264 g/mol. The standard InChI is InChI=1S/C16H18N4O/c1-10(2)8-16(21)19-13-5-3-4-12-11(13)9-15(18-12)14-6-7-17-20-14/h3-7,9-10,18H,8H2,1-2H3,(H,17,20)(H,19,21). The van der Waals surface area contributed by atoms with Crippen LogP contribution >= 0.6 is 0 Å². The number of aromatic nitrogens is 3. The van der Waals surface area contributed by atoms with Crippen LogP contribution in [0.5, 0.6) is 0 Å². The number of nitrogens with zero attached hydrogens (tertiary/aromatic N) is 1. The number of carbonyl (C=O) groups excluding carboxylic acids is 1. The molecule has 3 rings (SSSR count). The molecule has 0 atom stereocenters. The molecule has 5 heteroatoms. The van der Waals surface area contributed by atoms with Gasteiger partial charge in [0.25, 0.3) is 0 Å². The minimum Gasteiger partial charge on any atom is -0.353 e. The van der Waals surface area contributed by atoms with Gasteiger partial charge >= 0.3 is 0 Å². The Hall–Kier alpha value is -2.56. The van der Waals surface area contributed by atoms with E-state index in [4.69, 9.17) is 0 Å². The Balaban J connectivity index is 1.94. The van der Waals surface area contributed by atoms with Gasteiger partial charge in [-0.05, 0) is 30.2 Å². The number of anilines is 1. The highest BCUT2D eigenvalue weighted by Crippen LogP contribution is 2.28. The quantitative estimate of drug-likeness (QED) is 0.684. The Kier molecular flexibility index (Phi) is 3.48. The van der Waals surface area contributed by atoms with Crippen LogP contribution in [0, 0.1) is 5.92 Å². The lowest BCUT2D eigenvalue weighted by Gasteiger charge is -2.08. The maximum Gasteiger partial charge on any atom is 0.224 e. The Morgan fingerprint density at radius 2 is 2.14 bits per heavy atom. The summed E-state index contributed by atoms with van der Waals surface area (Å²) < 4.78 is 0. The monoisotopic (exact) mass is 282 g/mol. The number of nitrogens with one attached hydrogen (secondary N) is 3. The van der Waals surface area contributed by atoms with Gasteiger partial charge < -0.3 is 10.3 Å². The van der Waals surface area contributed by atoms with E-state index in [1.165, 1.54) is 0 Å². The number of hydrogen-bond acceptors (Lipinski definition) is 2. The van der Waals surface area contributed by atoms with Crippen molar-refractivity contribution in [2.75, 3.05) is 5.32 Å². The number of benzene rings is 1. The highest BCUT2D eigenvalue weighted by molar-refractivity contribution is 6.02. The van der Waals surface area contributed by atoms with Crippen LogP contribution in [0.3, 0.4) is 0 Å². The zero-order valence-electron chi connectivity index (χ0n) is 12.1. The van der Waals surface area contributed by atoms with Crippen LogP contribution in [0.25, 0.3) is 22.3 Å². The first kappa shape index (κ1) is 13.4. The summed E-state index contributed by atoms with van der Waals surface area (Å²) in [5, 5.41) is 10.9. The van der Waals surface area contributed by atoms with Crippen molar-refractivity contribution in [2.45, 2.75) is 20.3 Å². The zero-order chi connectivity index (χ0) is 14.8. The minimum atomic E-state index is 0.0433. The molecule has 0 saturated heterocycles. The molecule has 2 aromatic heterocycles. The summed E-state index contributed by atoms with van der Waals surface area (Å²) in [5.74, 6) is 0.387. The van der Waals surface area contributed by atoms with Crippen LogP contribution in [0.15, 0.2) is 36.5 Å². The van der Waals surface area contributed by atoms with Gasteiger partial charge in [0, 0.05) is 23.5 Å². The SMILES string of the molecule is CC(C)CC(=O)Nc1cccc2[nH]c(-c3ccn[nH]3)cc12. The first-order valence-corrected chi connectivity index (χ1v) is 7.05. The summed E-state index contributed by atoms with van der Waals surface area (Å²) in [4.78, 5) is 15.3. The van der Waals surface area contributed by atoms with Crippen LogP contribution in [0.4, 0.5) is 5.69 Å². The van der Waals surface area contributed by atoms with Gasteiger partial charge in [0.1, 0.15) is 0 Å². The molecule has 108 valence electrons.